The van der Waals surface area contributed by atoms with Gasteiger partial charge in [0.25, 0.3) is 5.56 Å². The highest BCUT2D eigenvalue weighted by atomic mass is 32.1. The molecule has 0 fully saturated rings. The van der Waals surface area contributed by atoms with E-state index in [1.807, 2.05) is 29.2 Å². The summed E-state index contributed by atoms with van der Waals surface area (Å²) in [7, 11) is 0. The second kappa shape index (κ2) is 6.02. The quantitative estimate of drug-likeness (QED) is 0.782. The summed E-state index contributed by atoms with van der Waals surface area (Å²) in [4.78, 5) is 17.4. The van der Waals surface area contributed by atoms with Gasteiger partial charge in [-0.1, -0.05) is 0 Å². The summed E-state index contributed by atoms with van der Waals surface area (Å²) in [6.45, 7) is 6.69. The molecule has 0 bridgehead atoms. The SMILES string of the molecule is Cc1csc2nc(CN[C@@H](C)[C@H](C)n3cccn3)cc(=O)n12. The topological polar surface area (TPSA) is 64.2 Å². The van der Waals surface area contributed by atoms with E-state index in [1.54, 1.807) is 16.7 Å². The molecule has 7 heteroatoms. The number of nitrogens with one attached hydrogen (secondary N) is 1. The predicted molar refractivity (Wildman–Crippen MR) is 87.3 cm³/mol. The Kier molecular flexibility index (Phi) is 4.08. The molecule has 0 aromatic carbocycles. The fraction of sp³-hybridized carbons (Fsp3) is 0.400. The van der Waals surface area contributed by atoms with Crippen LogP contribution in [0.5, 0.6) is 0 Å². The molecule has 1 N–H and O–H groups in total. The molecule has 0 unspecified atom stereocenters. The van der Waals surface area contributed by atoms with E-state index in [4.69, 9.17) is 0 Å². The van der Waals surface area contributed by atoms with E-state index < -0.39 is 0 Å². The third kappa shape index (κ3) is 2.82. The van der Waals surface area contributed by atoms with E-state index in [2.05, 4.69) is 29.2 Å². The predicted octanol–water partition coefficient (Wildman–Crippen LogP) is 2.00. The lowest BCUT2D eigenvalue weighted by atomic mass is 10.1. The highest BCUT2D eigenvalue weighted by Crippen LogP contribution is 2.12. The molecule has 0 aliphatic rings. The lowest BCUT2D eigenvalue weighted by Crippen LogP contribution is -2.34. The van der Waals surface area contributed by atoms with Gasteiger partial charge in [0.05, 0.1) is 11.7 Å². The van der Waals surface area contributed by atoms with Gasteiger partial charge >= 0.3 is 0 Å². The third-order valence-electron chi connectivity index (χ3n) is 3.90. The Labute approximate surface area is 132 Å². The van der Waals surface area contributed by atoms with Crippen molar-refractivity contribution in [1.29, 1.82) is 0 Å². The van der Waals surface area contributed by atoms with Gasteiger partial charge in [0.2, 0.25) is 0 Å². The first-order valence-electron chi connectivity index (χ1n) is 7.25. The van der Waals surface area contributed by atoms with Gasteiger partial charge in [0.15, 0.2) is 4.96 Å². The molecule has 0 saturated carbocycles. The molecule has 116 valence electrons. The summed E-state index contributed by atoms with van der Waals surface area (Å²) in [6, 6.07) is 3.96. The Hall–Kier alpha value is -1.99. The van der Waals surface area contributed by atoms with Crippen LogP contribution in [-0.4, -0.2) is 25.2 Å². The molecule has 2 atom stereocenters. The van der Waals surface area contributed by atoms with E-state index in [0.717, 1.165) is 16.3 Å². The van der Waals surface area contributed by atoms with Crippen LogP contribution >= 0.6 is 11.3 Å². The zero-order valence-electron chi connectivity index (χ0n) is 12.9. The van der Waals surface area contributed by atoms with Gasteiger partial charge in [-0.3, -0.25) is 13.9 Å². The van der Waals surface area contributed by atoms with Crippen LogP contribution in [0.15, 0.2) is 34.7 Å². The Balaban J connectivity index is 1.72. The van der Waals surface area contributed by atoms with Crippen molar-refractivity contribution in [2.75, 3.05) is 0 Å². The zero-order valence-corrected chi connectivity index (χ0v) is 13.7. The number of hydrogen-bond donors (Lipinski definition) is 1. The summed E-state index contributed by atoms with van der Waals surface area (Å²) >= 11 is 1.49. The van der Waals surface area contributed by atoms with Crippen LogP contribution in [0.3, 0.4) is 0 Å². The minimum absolute atomic E-state index is 0.0201. The molecule has 0 spiro atoms. The summed E-state index contributed by atoms with van der Waals surface area (Å²) < 4.78 is 3.57. The van der Waals surface area contributed by atoms with E-state index in [9.17, 15) is 4.79 Å². The molecule has 3 heterocycles. The van der Waals surface area contributed by atoms with Gasteiger partial charge in [-0.2, -0.15) is 5.10 Å². The Morgan fingerprint density at radius 2 is 2.23 bits per heavy atom. The van der Waals surface area contributed by atoms with Crippen molar-refractivity contribution >= 4 is 16.3 Å². The van der Waals surface area contributed by atoms with Gasteiger partial charge in [0, 0.05) is 42.1 Å². The standard InChI is InChI=1S/C15H19N5OS/c1-10-9-22-15-18-13(7-14(21)20(10)15)8-16-11(2)12(3)19-6-4-5-17-19/h4-7,9,11-12,16H,8H2,1-3H3/t11-,12-/m0/s1. The number of aromatic nitrogens is 4. The first-order valence-corrected chi connectivity index (χ1v) is 8.13. The summed E-state index contributed by atoms with van der Waals surface area (Å²) in [6.07, 6.45) is 3.73. The molecule has 0 radical (unpaired) electrons. The van der Waals surface area contributed by atoms with Crippen LogP contribution in [0.25, 0.3) is 4.96 Å². The molecule has 0 amide bonds. The molecule has 3 rings (SSSR count). The van der Waals surface area contributed by atoms with Crippen molar-refractivity contribution in [1.82, 2.24) is 24.5 Å². The average molecular weight is 317 g/mol. The van der Waals surface area contributed by atoms with Gasteiger partial charge in [-0.25, -0.2) is 4.98 Å². The van der Waals surface area contributed by atoms with Gasteiger partial charge in [0.1, 0.15) is 0 Å². The molecular formula is C15H19N5OS. The molecule has 0 saturated heterocycles. The van der Waals surface area contributed by atoms with Crippen molar-refractivity contribution in [2.24, 2.45) is 0 Å². The number of hydrogen-bond acceptors (Lipinski definition) is 5. The van der Waals surface area contributed by atoms with Crippen LogP contribution in [0.4, 0.5) is 0 Å². The second-order valence-electron chi connectivity index (χ2n) is 5.48. The number of nitrogens with zero attached hydrogens (tertiary/aromatic N) is 4. The van der Waals surface area contributed by atoms with Crippen LogP contribution in [-0.2, 0) is 6.54 Å². The van der Waals surface area contributed by atoms with Gasteiger partial charge < -0.3 is 5.32 Å². The fourth-order valence-electron chi connectivity index (χ4n) is 2.38. The molecular weight excluding hydrogens is 298 g/mol. The van der Waals surface area contributed by atoms with E-state index in [1.165, 1.54) is 11.3 Å². The Morgan fingerprint density at radius 3 is 2.95 bits per heavy atom. The molecule has 22 heavy (non-hydrogen) atoms. The highest BCUT2D eigenvalue weighted by Gasteiger charge is 2.14. The largest absolute Gasteiger partial charge is 0.307 e. The highest BCUT2D eigenvalue weighted by molar-refractivity contribution is 7.15. The molecule has 0 aliphatic heterocycles. The maximum Gasteiger partial charge on any atom is 0.259 e. The average Bonchev–Trinajstić information content (AvgIpc) is 3.14. The minimum atomic E-state index is -0.0201. The van der Waals surface area contributed by atoms with Crippen molar-refractivity contribution in [3.63, 3.8) is 0 Å². The van der Waals surface area contributed by atoms with Crippen molar-refractivity contribution < 1.29 is 0 Å². The number of aryl methyl sites for hydroxylation is 1. The maximum absolute atomic E-state index is 12.1. The summed E-state index contributed by atoms with van der Waals surface area (Å²) in [5, 5.41) is 9.63. The molecule has 6 nitrogen and oxygen atoms in total. The van der Waals surface area contributed by atoms with Gasteiger partial charge in [-0.15, -0.1) is 11.3 Å². The van der Waals surface area contributed by atoms with E-state index >= 15 is 0 Å². The molecule has 3 aromatic rings. The molecule has 0 aliphatic carbocycles. The summed E-state index contributed by atoms with van der Waals surface area (Å²) in [5.74, 6) is 0. The first kappa shape index (κ1) is 14.9. The monoisotopic (exact) mass is 317 g/mol. The van der Waals surface area contributed by atoms with E-state index in [-0.39, 0.29) is 17.6 Å². The Bertz CT molecular complexity index is 820. The third-order valence-corrected chi connectivity index (χ3v) is 4.84. The van der Waals surface area contributed by atoms with Crippen molar-refractivity contribution in [3.8, 4) is 0 Å². The van der Waals surface area contributed by atoms with Crippen LogP contribution in [0.1, 0.15) is 31.3 Å². The van der Waals surface area contributed by atoms with E-state index in [0.29, 0.717) is 6.54 Å². The number of rotatable bonds is 5. The van der Waals surface area contributed by atoms with Crippen molar-refractivity contribution in [2.45, 2.75) is 39.4 Å². The smallest absolute Gasteiger partial charge is 0.259 e. The fourth-order valence-corrected chi connectivity index (χ4v) is 3.27. The second-order valence-corrected chi connectivity index (χ2v) is 6.31. The lowest BCUT2D eigenvalue weighted by Gasteiger charge is -2.21. The van der Waals surface area contributed by atoms with Crippen LogP contribution in [0.2, 0.25) is 0 Å². The lowest BCUT2D eigenvalue weighted by molar-refractivity contribution is 0.364. The maximum atomic E-state index is 12.1. The van der Waals surface area contributed by atoms with Crippen molar-refractivity contribution in [3.05, 3.63) is 51.6 Å². The molecule has 3 aromatic heterocycles. The number of fused-ring (bicyclic) bond motifs is 1. The van der Waals surface area contributed by atoms with Crippen LogP contribution < -0.4 is 10.9 Å². The van der Waals surface area contributed by atoms with Crippen LogP contribution in [0, 0.1) is 6.92 Å². The minimum Gasteiger partial charge on any atom is -0.307 e. The summed E-state index contributed by atoms with van der Waals surface area (Å²) in [5.41, 5.74) is 1.68. The number of thiazole rings is 1. The zero-order chi connectivity index (χ0) is 15.7. The van der Waals surface area contributed by atoms with Gasteiger partial charge in [-0.05, 0) is 26.8 Å². The Morgan fingerprint density at radius 1 is 1.41 bits per heavy atom. The first-order chi connectivity index (χ1) is 10.6. The normalized spacial score (nSPS) is 14.3.